The van der Waals surface area contributed by atoms with E-state index in [-0.39, 0.29) is 16.8 Å². The summed E-state index contributed by atoms with van der Waals surface area (Å²) in [7, 11) is 0. The minimum Gasteiger partial charge on any atom is -0.0622 e. The largest absolute Gasteiger partial charge is 0.0622 e. The summed E-state index contributed by atoms with van der Waals surface area (Å²) in [5.41, 5.74) is 10.4. The summed E-state index contributed by atoms with van der Waals surface area (Å²) in [6.45, 7) is 0. The Morgan fingerprint density at radius 1 is 0.265 bits per heavy atom. The third-order valence-electron chi connectivity index (χ3n) is 6.50. The maximum Gasteiger partial charge on any atom is 0 e. The standard InChI is InChI=1S/C28H20.C5H10.Co/c1-5-13-21(14-6-1)25-26(22-15-7-2-8-16-22)28(24-19-11-4-12-20-24)27(25)23-17-9-3-10-18-23;1-2-4-5-3-1;/h1-20H;1-5H2;. The molecule has 0 aliphatic heterocycles. The van der Waals surface area contributed by atoms with E-state index in [0.29, 0.717) is 0 Å². The molecular weight excluding hydrogens is 455 g/mol. The van der Waals surface area contributed by atoms with Crippen molar-refractivity contribution in [2.24, 2.45) is 0 Å². The van der Waals surface area contributed by atoms with E-state index < -0.39 is 0 Å². The first kappa shape index (κ1) is 24.0. The van der Waals surface area contributed by atoms with E-state index in [9.17, 15) is 0 Å². The van der Waals surface area contributed by atoms with E-state index in [4.69, 9.17) is 0 Å². The summed E-state index contributed by atoms with van der Waals surface area (Å²) in [6, 6.07) is 43.0. The van der Waals surface area contributed by atoms with Gasteiger partial charge >= 0.3 is 0 Å². The van der Waals surface area contributed by atoms with Gasteiger partial charge in [0, 0.05) is 16.8 Å². The molecule has 0 atom stereocenters. The van der Waals surface area contributed by atoms with Crippen LogP contribution in [0.15, 0.2) is 121 Å². The molecule has 2 aliphatic carbocycles. The van der Waals surface area contributed by atoms with Crippen LogP contribution in [0.5, 0.6) is 0 Å². The van der Waals surface area contributed by atoms with Gasteiger partial charge in [-0.3, -0.25) is 0 Å². The predicted molar refractivity (Wildman–Crippen MR) is 142 cm³/mol. The van der Waals surface area contributed by atoms with Gasteiger partial charge in [-0.05, 0) is 44.5 Å². The Morgan fingerprint density at radius 3 is 0.618 bits per heavy atom. The van der Waals surface area contributed by atoms with Crippen LogP contribution in [0, 0.1) is 0 Å². The Labute approximate surface area is 214 Å². The van der Waals surface area contributed by atoms with Crippen LogP contribution >= 0.6 is 0 Å². The van der Waals surface area contributed by atoms with E-state index in [1.165, 1.54) is 76.7 Å². The Kier molecular flexibility index (Phi) is 8.35. The quantitative estimate of drug-likeness (QED) is 0.270. The molecule has 171 valence electrons. The second-order valence-corrected chi connectivity index (χ2v) is 8.73. The van der Waals surface area contributed by atoms with E-state index >= 15 is 0 Å². The van der Waals surface area contributed by atoms with Crippen molar-refractivity contribution < 1.29 is 16.8 Å². The summed E-state index contributed by atoms with van der Waals surface area (Å²) in [4.78, 5) is 0. The number of rotatable bonds is 4. The summed E-state index contributed by atoms with van der Waals surface area (Å²) >= 11 is 0. The van der Waals surface area contributed by atoms with Gasteiger partial charge < -0.3 is 0 Å². The van der Waals surface area contributed by atoms with Crippen molar-refractivity contribution in [2.75, 3.05) is 0 Å². The normalized spacial score (nSPS) is 14.6. The fraction of sp³-hybridized carbons (Fsp3) is 0.152. The molecule has 0 aromatic heterocycles. The molecule has 0 amide bonds. The second kappa shape index (κ2) is 11.8. The molecule has 4 aromatic carbocycles. The summed E-state index contributed by atoms with van der Waals surface area (Å²) in [5.74, 6) is 0. The van der Waals surface area contributed by atoms with Crippen LogP contribution in [0.1, 0.15) is 54.4 Å². The zero-order valence-corrected chi connectivity index (χ0v) is 20.5. The molecule has 1 saturated carbocycles. The zero-order chi connectivity index (χ0) is 22.3. The molecule has 1 fully saturated rings. The van der Waals surface area contributed by atoms with Gasteiger partial charge in [0.25, 0.3) is 0 Å². The molecule has 34 heavy (non-hydrogen) atoms. The molecule has 0 N–H and O–H groups in total. The monoisotopic (exact) mass is 485 g/mol. The summed E-state index contributed by atoms with van der Waals surface area (Å²) in [6.07, 6.45) is 7.50. The van der Waals surface area contributed by atoms with Gasteiger partial charge in [-0.1, -0.05) is 153 Å². The first-order chi connectivity index (χ1) is 16.4. The summed E-state index contributed by atoms with van der Waals surface area (Å²) < 4.78 is 0. The van der Waals surface area contributed by atoms with E-state index in [1.807, 2.05) is 0 Å². The molecular formula is C33H30Co. The Bertz CT molecular complexity index is 1020. The molecule has 1 radical (unpaired) electrons. The SMILES string of the molecule is C1CCCC1.[Co].c1ccc(C2=C(c3ccccc3)C(c3ccccc3)=C2c2ccccc2)cc1. The average molecular weight is 486 g/mol. The number of allylic oxidation sites excluding steroid dienone is 4. The molecule has 0 heterocycles. The van der Waals surface area contributed by atoms with Crippen LogP contribution in [0.25, 0.3) is 22.3 Å². The molecule has 4 aromatic rings. The van der Waals surface area contributed by atoms with Crippen molar-refractivity contribution in [2.45, 2.75) is 32.1 Å². The maximum atomic E-state index is 2.21. The molecule has 0 unspecified atom stereocenters. The third-order valence-corrected chi connectivity index (χ3v) is 6.50. The maximum absolute atomic E-state index is 2.21. The van der Waals surface area contributed by atoms with Crippen LogP contribution in [0.3, 0.4) is 0 Å². The minimum atomic E-state index is 0. The molecule has 0 saturated heterocycles. The molecule has 2 aliphatic rings. The Hall–Kier alpha value is -3.13. The second-order valence-electron chi connectivity index (χ2n) is 8.73. The molecule has 1 heteroatoms. The molecule has 6 rings (SSSR count). The number of hydrogen-bond acceptors (Lipinski definition) is 0. The van der Waals surface area contributed by atoms with Crippen molar-refractivity contribution in [1.82, 2.24) is 0 Å². The number of benzene rings is 4. The third kappa shape index (κ3) is 5.17. The van der Waals surface area contributed by atoms with Gasteiger partial charge in [-0.25, -0.2) is 0 Å². The van der Waals surface area contributed by atoms with Crippen LogP contribution in [-0.2, 0) is 16.8 Å². The zero-order valence-electron chi connectivity index (χ0n) is 19.4. The van der Waals surface area contributed by atoms with Crippen molar-refractivity contribution in [3.63, 3.8) is 0 Å². The molecule has 0 nitrogen and oxygen atoms in total. The molecule has 0 bridgehead atoms. The Morgan fingerprint density at radius 2 is 0.441 bits per heavy atom. The van der Waals surface area contributed by atoms with Gasteiger partial charge in [0.1, 0.15) is 0 Å². The van der Waals surface area contributed by atoms with Crippen LogP contribution in [0.2, 0.25) is 0 Å². The van der Waals surface area contributed by atoms with Crippen molar-refractivity contribution in [1.29, 1.82) is 0 Å². The fourth-order valence-electron chi connectivity index (χ4n) is 4.90. The van der Waals surface area contributed by atoms with Crippen LogP contribution in [-0.4, -0.2) is 0 Å². The van der Waals surface area contributed by atoms with Gasteiger partial charge in [0.2, 0.25) is 0 Å². The van der Waals surface area contributed by atoms with Gasteiger partial charge in [0.05, 0.1) is 0 Å². The van der Waals surface area contributed by atoms with Crippen LogP contribution in [0.4, 0.5) is 0 Å². The van der Waals surface area contributed by atoms with Crippen molar-refractivity contribution in [3.05, 3.63) is 144 Å². The van der Waals surface area contributed by atoms with E-state index in [1.54, 1.807) is 0 Å². The minimum absolute atomic E-state index is 0. The smallest absolute Gasteiger partial charge is 0 e. The van der Waals surface area contributed by atoms with Crippen molar-refractivity contribution >= 4 is 22.3 Å². The summed E-state index contributed by atoms with van der Waals surface area (Å²) in [5, 5.41) is 0. The first-order valence-corrected chi connectivity index (χ1v) is 12.1. The van der Waals surface area contributed by atoms with E-state index in [2.05, 4.69) is 121 Å². The van der Waals surface area contributed by atoms with Crippen molar-refractivity contribution in [3.8, 4) is 0 Å². The topological polar surface area (TPSA) is 0 Å². The van der Waals surface area contributed by atoms with E-state index in [0.717, 1.165) is 0 Å². The average Bonchev–Trinajstić information content (AvgIpc) is 3.47. The first-order valence-electron chi connectivity index (χ1n) is 12.1. The van der Waals surface area contributed by atoms with Gasteiger partial charge in [-0.15, -0.1) is 0 Å². The van der Waals surface area contributed by atoms with Gasteiger partial charge in [-0.2, -0.15) is 0 Å². The number of hydrogen-bond donors (Lipinski definition) is 0. The van der Waals surface area contributed by atoms with Crippen LogP contribution < -0.4 is 0 Å². The van der Waals surface area contributed by atoms with Gasteiger partial charge in [0.15, 0.2) is 0 Å². The Balaban J connectivity index is 0.000000407. The fourth-order valence-corrected chi connectivity index (χ4v) is 4.90. The predicted octanol–water partition coefficient (Wildman–Crippen LogP) is 9.17. The molecule has 0 spiro atoms.